The number of ether oxygens (including phenoxy) is 1. The van der Waals surface area contributed by atoms with E-state index in [-0.39, 0.29) is 43.4 Å². The maximum Gasteiger partial charge on any atom is 0.255 e. The van der Waals surface area contributed by atoms with Crippen molar-refractivity contribution in [2.45, 2.75) is 25.8 Å². The molecule has 3 rings (SSSR count). The number of nitrogens with zero attached hydrogens (tertiary/aromatic N) is 2. The first kappa shape index (κ1) is 26.7. The van der Waals surface area contributed by atoms with Gasteiger partial charge < -0.3 is 25.2 Å². The van der Waals surface area contributed by atoms with Crippen LogP contribution in [-0.2, 0) is 20.8 Å². The summed E-state index contributed by atoms with van der Waals surface area (Å²) in [5.41, 5.74) is 1.04. The molecule has 2 aromatic carbocycles. The molecule has 1 atom stereocenters. The van der Waals surface area contributed by atoms with Gasteiger partial charge in [-0.05, 0) is 43.2 Å². The number of carbonyl (C=O) groups excluding carboxylic acids is 4. The van der Waals surface area contributed by atoms with Crippen molar-refractivity contribution < 1.29 is 28.3 Å². The van der Waals surface area contributed by atoms with Gasteiger partial charge in [-0.2, -0.15) is 0 Å². The van der Waals surface area contributed by atoms with E-state index in [1.54, 1.807) is 41.3 Å². The van der Waals surface area contributed by atoms with Gasteiger partial charge in [-0.25, -0.2) is 4.39 Å². The summed E-state index contributed by atoms with van der Waals surface area (Å²) in [6.07, 6.45) is 0.117. The standard InChI is InChI=1S/C26H31FN4O5/c1-3-31-14-15-36-22-7-5-4-6-20(22)25(34)29-21(16-23(32)30(2)17-24(31)33)26(35)28-13-12-18-8-10-19(27)11-9-18/h4-11,21H,3,12-17H2,1-2H3,(H,28,35)(H,29,34)/t21-/m0/s1. The third-order valence-corrected chi connectivity index (χ3v) is 5.91. The Morgan fingerprint density at radius 1 is 1.11 bits per heavy atom. The van der Waals surface area contributed by atoms with Gasteiger partial charge in [0.25, 0.3) is 5.91 Å². The van der Waals surface area contributed by atoms with Crippen LogP contribution in [0.2, 0.25) is 0 Å². The van der Waals surface area contributed by atoms with Crippen molar-refractivity contribution in [2.75, 3.05) is 39.8 Å². The maximum atomic E-state index is 13.1. The number of carbonyl (C=O) groups is 4. The Hall–Kier alpha value is -3.95. The first-order valence-corrected chi connectivity index (χ1v) is 11.8. The van der Waals surface area contributed by atoms with Gasteiger partial charge in [0.1, 0.15) is 24.2 Å². The number of hydrogen-bond donors (Lipinski definition) is 2. The Morgan fingerprint density at radius 2 is 1.83 bits per heavy atom. The molecule has 0 radical (unpaired) electrons. The summed E-state index contributed by atoms with van der Waals surface area (Å²) in [5, 5.41) is 5.37. The number of halogens is 1. The molecule has 0 aliphatic carbocycles. The number of likely N-dealkylation sites (N-methyl/N-ethyl adjacent to an activating group) is 2. The summed E-state index contributed by atoms with van der Waals surface area (Å²) < 4.78 is 18.9. The van der Waals surface area contributed by atoms with Crippen LogP contribution in [0.15, 0.2) is 48.5 Å². The van der Waals surface area contributed by atoms with E-state index < -0.39 is 23.8 Å². The van der Waals surface area contributed by atoms with Crippen molar-refractivity contribution in [3.8, 4) is 5.75 Å². The molecule has 0 aromatic heterocycles. The second-order valence-corrected chi connectivity index (χ2v) is 8.47. The molecule has 192 valence electrons. The topological polar surface area (TPSA) is 108 Å². The zero-order valence-corrected chi connectivity index (χ0v) is 20.5. The SMILES string of the molecule is CCN1CCOc2ccccc2C(=O)N[C@H](C(=O)NCCc2ccc(F)cc2)CC(=O)N(C)CC1=O. The Balaban J connectivity index is 1.78. The van der Waals surface area contributed by atoms with Gasteiger partial charge in [0.05, 0.1) is 25.1 Å². The summed E-state index contributed by atoms with van der Waals surface area (Å²) in [7, 11) is 1.48. The van der Waals surface area contributed by atoms with Gasteiger partial charge in [-0.1, -0.05) is 24.3 Å². The smallest absolute Gasteiger partial charge is 0.255 e. The summed E-state index contributed by atoms with van der Waals surface area (Å²) in [4.78, 5) is 54.5. The molecule has 0 bridgehead atoms. The molecule has 0 saturated carbocycles. The molecule has 4 amide bonds. The highest BCUT2D eigenvalue weighted by atomic mass is 19.1. The fourth-order valence-corrected chi connectivity index (χ4v) is 3.78. The third-order valence-electron chi connectivity index (χ3n) is 5.91. The van der Waals surface area contributed by atoms with Crippen LogP contribution in [0.1, 0.15) is 29.3 Å². The minimum Gasteiger partial charge on any atom is -0.491 e. The van der Waals surface area contributed by atoms with Crippen molar-refractivity contribution >= 4 is 23.6 Å². The molecule has 1 heterocycles. The molecule has 0 fully saturated rings. The summed E-state index contributed by atoms with van der Waals surface area (Å²) in [6.45, 7) is 2.80. The minimum absolute atomic E-state index is 0.157. The zero-order valence-electron chi connectivity index (χ0n) is 20.5. The lowest BCUT2D eigenvalue weighted by Crippen LogP contribution is -2.50. The van der Waals surface area contributed by atoms with E-state index in [0.29, 0.717) is 25.3 Å². The van der Waals surface area contributed by atoms with Crippen molar-refractivity contribution in [3.63, 3.8) is 0 Å². The minimum atomic E-state index is -1.17. The van der Waals surface area contributed by atoms with E-state index in [2.05, 4.69) is 10.6 Å². The van der Waals surface area contributed by atoms with Gasteiger partial charge in [-0.3, -0.25) is 19.2 Å². The number of amides is 4. The second-order valence-electron chi connectivity index (χ2n) is 8.47. The number of rotatable bonds is 5. The third kappa shape index (κ3) is 7.27. The molecular formula is C26H31FN4O5. The van der Waals surface area contributed by atoms with E-state index >= 15 is 0 Å². The van der Waals surface area contributed by atoms with Crippen LogP contribution in [0.5, 0.6) is 5.75 Å². The van der Waals surface area contributed by atoms with Gasteiger partial charge >= 0.3 is 0 Å². The van der Waals surface area contributed by atoms with Gasteiger partial charge in [0.15, 0.2) is 0 Å². The Kier molecular flexibility index (Phi) is 9.38. The molecule has 10 heteroatoms. The van der Waals surface area contributed by atoms with Crippen LogP contribution in [0.25, 0.3) is 0 Å². The largest absolute Gasteiger partial charge is 0.491 e. The zero-order chi connectivity index (χ0) is 26.1. The van der Waals surface area contributed by atoms with Crippen LogP contribution < -0.4 is 15.4 Å². The van der Waals surface area contributed by atoms with Crippen molar-refractivity contribution in [1.29, 1.82) is 0 Å². The van der Waals surface area contributed by atoms with Crippen LogP contribution in [-0.4, -0.2) is 79.3 Å². The molecule has 0 spiro atoms. The Labute approximate surface area is 209 Å². The average Bonchev–Trinajstić information content (AvgIpc) is 2.86. The fraction of sp³-hybridized carbons (Fsp3) is 0.385. The summed E-state index contributed by atoms with van der Waals surface area (Å²) in [5.74, 6) is -1.84. The van der Waals surface area contributed by atoms with E-state index in [0.717, 1.165) is 5.56 Å². The number of hydrogen-bond acceptors (Lipinski definition) is 5. The average molecular weight is 499 g/mol. The van der Waals surface area contributed by atoms with E-state index in [4.69, 9.17) is 4.74 Å². The predicted octanol–water partition coefficient (Wildman–Crippen LogP) is 1.37. The molecule has 0 saturated heterocycles. The maximum absolute atomic E-state index is 13.1. The lowest BCUT2D eigenvalue weighted by molar-refractivity contribution is -0.140. The first-order valence-electron chi connectivity index (χ1n) is 11.8. The first-order chi connectivity index (χ1) is 17.3. The van der Waals surface area contributed by atoms with Crippen LogP contribution in [0.3, 0.4) is 0 Å². The lowest BCUT2D eigenvalue weighted by atomic mass is 10.1. The normalized spacial score (nSPS) is 17.5. The van der Waals surface area contributed by atoms with Crippen molar-refractivity contribution in [3.05, 3.63) is 65.5 Å². The second kappa shape index (κ2) is 12.7. The number of nitrogens with one attached hydrogen (secondary N) is 2. The predicted molar refractivity (Wildman–Crippen MR) is 131 cm³/mol. The lowest BCUT2D eigenvalue weighted by Gasteiger charge is -2.27. The van der Waals surface area contributed by atoms with Crippen molar-refractivity contribution in [1.82, 2.24) is 20.4 Å². The Bertz CT molecular complexity index is 1090. The molecule has 9 nitrogen and oxygen atoms in total. The number of benzene rings is 2. The molecule has 1 aliphatic heterocycles. The monoisotopic (exact) mass is 498 g/mol. The quantitative estimate of drug-likeness (QED) is 0.648. The summed E-state index contributed by atoms with van der Waals surface area (Å²) in [6, 6.07) is 11.3. The fourth-order valence-electron chi connectivity index (χ4n) is 3.78. The van der Waals surface area contributed by atoms with Crippen LogP contribution >= 0.6 is 0 Å². The van der Waals surface area contributed by atoms with Gasteiger partial charge in [-0.15, -0.1) is 0 Å². The molecule has 36 heavy (non-hydrogen) atoms. The highest BCUT2D eigenvalue weighted by Crippen LogP contribution is 2.18. The highest BCUT2D eigenvalue weighted by Gasteiger charge is 2.28. The molecule has 2 N–H and O–H groups in total. The number of fused-ring (bicyclic) bond motifs is 1. The number of para-hydroxylation sites is 1. The van der Waals surface area contributed by atoms with Crippen molar-refractivity contribution in [2.24, 2.45) is 0 Å². The van der Waals surface area contributed by atoms with E-state index in [1.807, 2.05) is 6.92 Å². The molecule has 2 aromatic rings. The van der Waals surface area contributed by atoms with E-state index in [9.17, 15) is 23.6 Å². The molecular weight excluding hydrogens is 467 g/mol. The molecule has 1 aliphatic rings. The van der Waals surface area contributed by atoms with Gasteiger partial charge in [0, 0.05) is 20.1 Å². The van der Waals surface area contributed by atoms with Crippen LogP contribution in [0.4, 0.5) is 4.39 Å². The highest BCUT2D eigenvalue weighted by molar-refractivity contribution is 6.00. The Morgan fingerprint density at radius 3 is 2.56 bits per heavy atom. The van der Waals surface area contributed by atoms with Gasteiger partial charge in [0.2, 0.25) is 17.7 Å². The van der Waals surface area contributed by atoms with Crippen LogP contribution in [0, 0.1) is 5.82 Å². The molecule has 0 unspecified atom stereocenters. The summed E-state index contributed by atoms with van der Waals surface area (Å²) >= 11 is 0. The van der Waals surface area contributed by atoms with E-state index in [1.165, 1.54) is 24.1 Å².